The van der Waals surface area contributed by atoms with Gasteiger partial charge in [0, 0.05) is 11.9 Å². The molecule has 0 bridgehead atoms. The summed E-state index contributed by atoms with van der Waals surface area (Å²) in [5, 5.41) is 11.8. The van der Waals surface area contributed by atoms with E-state index in [4.69, 9.17) is 0 Å². The van der Waals surface area contributed by atoms with E-state index in [1.54, 1.807) is 4.57 Å². The van der Waals surface area contributed by atoms with Gasteiger partial charge < -0.3 is 9.67 Å². The van der Waals surface area contributed by atoms with Gasteiger partial charge in [0.15, 0.2) is 0 Å². The first-order valence-electron chi connectivity index (χ1n) is 9.27. The van der Waals surface area contributed by atoms with Crippen LogP contribution in [0.2, 0.25) is 0 Å². The quantitative estimate of drug-likeness (QED) is 0.726. The fourth-order valence-corrected chi connectivity index (χ4v) is 3.75. The van der Waals surface area contributed by atoms with Crippen molar-refractivity contribution in [2.45, 2.75) is 33.4 Å². The smallest absolute Gasteiger partial charge is 0.259 e. The Hall–Kier alpha value is -2.59. The Bertz CT molecular complexity index is 944. The van der Waals surface area contributed by atoms with Crippen LogP contribution in [0.4, 0.5) is 0 Å². The number of fused-ring (bicyclic) bond motifs is 1. The summed E-state index contributed by atoms with van der Waals surface area (Å²) in [4.78, 5) is 15.6. The third-order valence-electron chi connectivity index (χ3n) is 5.06. The van der Waals surface area contributed by atoms with Crippen molar-refractivity contribution in [1.82, 2.24) is 9.47 Å². The van der Waals surface area contributed by atoms with Gasteiger partial charge in [-0.05, 0) is 37.7 Å². The Labute approximate surface area is 154 Å². The van der Waals surface area contributed by atoms with Gasteiger partial charge in [-0.25, -0.2) is 0 Å². The fraction of sp³-hybridized carbons (Fsp3) is 0.318. The molecular weight excluding hydrogens is 324 g/mol. The summed E-state index contributed by atoms with van der Waals surface area (Å²) in [6.45, 7) is 8.25. The minimum atomic E-state index is -0.277. The van der Waals surface area contributed by atoms with Crippen LogP contribution in [-0.2, 0) is 6.54 Å². The van der Waals surface area contributed by atoms with E-state index in [0.717, 1.165) is 29.6 Å². The van der Waals surface area contributed by atoms with E-state index >= 15 is 0 Å². The van der Waals surface area contributed by atoms with Crippen molar-refractivity contribution in [3.8, 4) is 5.75 Å². The number of aromatic nitrogens is 1. The van der Waals surface area contributed by atoms with Gasteiger partial charge in [0.05, 0.1) is 17.1 Å². The van der Waals surface area contributed by atoms with E-state index < -0.39 is 0 Å². The molecule has 1 unspecified atom stereocenters. The molecule has 0 saturated carbocycles. The molecule has 0 fully saturated rings. The Balaban J connectivity index is 2.38. The predicted octanol–water partition coefficient (Wildman–Crippen LogP) is 4.16. The molecule has 1 N–H and O–H groups in total. The molecule has 0 radical (unpaired) electrons. The molecule has 0 amide bonds. The highest BCUT2D eigenvalue weighted by molar-refractivity contribution is 5.86. The number of para-hydroxylation sites is 1. The SMILES string of the molecule is CCN(CC)C(c1ccccc1)c1c(O)c2ccccc2n(CC)c1=O. The molecule has 0 aliphatic rings. The summed E-state index contributed by atoms with van der Waals surface area (Å²) in [5.74, 6) is 0.0936. The molecule has 3 aromatic rings. The summed E-state index contributed by atoms with van der Waals surface area (Å²) in [6, 6.07) is 17.2. The Morgan fingerprint density at radius 3 is 2.19 bits per heavy atom. The molecule has 1 heterocycles. The van der Waals surface area contributed by atoms with Crippen LogP contribution in [0.25, 0.3) is 10.9 Å². The van der Waals surface area contributed by atoms with Crippen molar-refractivity contribution in [3.05, 3.63) is 76.1 Å². The van der Waals surface area contributed by atoms with Gasteiger partial charge in [-0.1, -0.05) is 56.3 Å². The van der Waals surface area contributed by atoms with E-state index in [-0.39, 0.29) is 17.4 Å². The second-order valence-corrected chi connectivity index (χ2v) is 6.36. The maximum absolute atomic E-state index is 13.4. The van der Waals surface area contributed by atoms with Crippen molar-refractivity contribution in [3.63, 3.8) is 0 Å². The number of aryl methyl sites for hydroxylation is 1. The van der Waals surface area contributed by atoms with E-state index in [0.29, 0.717) is 12.1 Å². The number of hydrogen-bond donors (Lipinski definition) is 1. The summed E-state index contributed by atoms with van der Waals surface area (Å²) < 4.78 is 1.75. The monoisotopic (exact) mass is 350 g/mol. The van der Waals surface area contributed by atoms with Gasteiger partial charge in [0.1, 0.15) is 5.75 Å². The third kappa shape index (κ3) is 3.01. The molecule has 3 rings (SSSR count). The number of aromatic hydroxyl groups is 1. The average molecular weight is 350 g/mol. The molecule has 0 aliphatic heterocycles. The first-order chi connectivity index (χ1) is 12.6. The molecule has 0 saturated heterocycles. The predicted molar refractivity (Wildman–Crippen MR) is 107 cm³/mol. The van der Waals surface area contributed by atoms with Crippen molar-refractivity contribution in [2.24, 2.45) is 0 Å². The van der Waals surface area contributed by atoms with E-state index in [9.17, 15) is 9.90 Å². The fourth-order valence-electron chi connectivity index (χ4n) is 3.75. The standard InChI is InChI=1S/C22H26N2O2/c1-4-23(5-2)20(16-12-8-7-9-13-16)19-21(25)17-14-10-11-15-18(17)24(6-3)22(19)26/h7-15,20,25H,4-6H2,1-3H3. The second-order valence-electron chi connectivity index (χ2n) is 6.36. The van der Waals surface area contributed by atoms with Gasteiger partial charge in [0.2, 0.25) is 0 Å². The summed E-state index contributed by atoms with van der Waals surface area (Å²) in [6.07, 6.45) is 0. The maximum Gasteiger partial charge on any atom is 0.259 e. The van der Waals surface area contributed by atoms with Gasteiger partial charge in [0.25, 0.3) is 5.56 Å². The molecule has 2 aromatic carbocycles. The number of hydrogen-bond acceptors (Lipinski definition) is 3. The minimum absolute atomic E-state index is 0.0936. The zero-order valence-electron chi connectivity index (χ0n) is 15.6. The van der Waals surface area contributed by atoms with Crippen LogP contribution in [0.3, 0.4) is 0 Å². The number of benzene rings is 2. The minimum Gasteiger partial charge on any atom is -0.507 e. The second kappa shape index (κ2) is 7.75. The van der Waals surface area contributed by atoms with Crippen LogP contribution in [0, 0.1) is 0 Å². The molecule has 4 heteroatoms. The number of rotatable bonds is 6. The normalized spacial score (nSPS) is 12.6. The van der Waals surface area contributed by atoms with Crippen LogP contribution in [0.15, 0.2) is 59.4 Å². The molecule has 26 heavy (non-hydrogen) atoms. The molecule has 1 aromatic heterocycles. The lowest BCUT2D eigenvalue weighted by atomic mass is 9.95. The Kier molecular flexibility index (Phi) is 5.43. The Morgan fingerprint density at radius 1 is 0.962 bits per heavy atom. The van der Waals surface area contributed by atoms with Crippen molar-refractivity contribution < 1.29 is 5.11 Å². The molecule has 1 atom stereocenters. The lowest BCUT2D eigenvalue weighted by molar-refractivity contribution is 0.244. The highest BCUT2D eigenvalue weighted by Crippen LogP contribution is 2.36. The van der Waals surface area contributed by atoms with Crippen LogP contribution < -0.4 is 5.56 Å². The molecule has 136 valence electrons. The van der Waals surface area contributed by atoms with Crippen LogP contribution >= 0.6 is 0 Å². The van der Waals surface area contributed by atoms with Gasteiger partial charge in [-0.2, -0.15) is 0 Å². The zero-order valence-corrected chi connectivity index (χ0v) is 15.6. The summed E-state index contributed by atoms with van der Waals surface area (Å²) in [7, 11) is 0. The van der Waals surface area contributed by atoms with E-state index in [1.807, 2.05) is 61.5 Å². The van der Waals surface area contributed by atoms with Crippen LogP contribution in [0.5, 0.6) is 5.75 Å². The summed E-state index contributed by atoms with van der Waals surface area (Å²) in [5.41, 5.74) is 2.12. The largest absolute Gasteiger partial charge is 0.507 e. The molecule has 0 spiro atoms. The highest BCUT2D eigenvalue weighted by atomic mass is 16.3. The highest BCUT2D eigenvalue weighted by Gasteiger charge is 2.28. The van der Waals surface area contributed by atoms with Crippen molar-refractivity contribution >= 4 is 10.9 Å². The maximum atomic E-state index is 13.4. The van der Waals surface area contributed by atoms with Gasteiger partial charge in [-0.15, -0.1) is 0 Å². The topological polar surface area (TPSA) is 45.5 Å². The Morgan fingerprint density at radius 2 is 1.58 bits per heavy atom. The average Bonchev–Trinajstić information content (AvgIpc) is 2.68. The van der Waals surface area contributed by atoms with E-state index in [2.05, 4.69) is 18.7 Å². The number of pyridine rings is 1. The third-order valence-corrected chi connectivity index (χ3v) is 5.06. The van der Waals surface area contributed by atoms with Crippen LogP contribution in [0.1, 0.15) is 37.9 Å². The molecular formula is C22H26N2O2. The first-order valence-corrected chi connectivity index (χ1v) is 9.27. The molecule has 4 nitrogen and oxygen atoms in total. The van der Waals surface area contributed by atoms with E-state index in [1.165, 1.54) is 0 Å². The lowest BCUT2D eigenvalue weighted by Crippen LogP contribution is -2.35. The van der Waals surface area contributed by atoms with Crippen LogP contribution in [-0.4, -0.2) is 27.7 Å². The van der Waals surface area contributed by atoms with Gasteiger partial charge >= 0.3 is 0 Å². The lowest BCUT2D eigenvalue weighted by Gasteiger charge is -2.31. The van der Waals surface area contributed by atoms with Crippen molar-refractivity contribution in [2.75, 3.05) is 13.1 Å². The first kappa shape index (κ1) is 18.2. The molecule has 0 aliphatic carbocycles. The zero-order chi connectivity index (χ0) is 18.7. The number of nitrogens with zero attached hydrogens (tertiary/aromatic N) is 2. The van der Waals surface area contributed by atoms with Gasteiger partial charge in [-0.3, -0.25) is 9.69 Å². The summed E-state index contributed by atoms with van der Waals surface area (Å²) >= 11 is 0. The van der Waals surface area contributed by atoms with Crippen molar-refractivity contribution in [1.29, 1.82) is 0 Å².